The molecule has 0 aliphatic heterocycles. The number of hydrogen-bond acceptors (Lipinski definition) is 4. The van der Waals surface area contributed by atoms with E-state index in [1.807, 2.05) is 0 Å². The normalized spacial score (nSPS) is 15.7. The Hall–Kier alpha value is -1.15. The largest absolute Gasteiger partial charge is 0.350 e. The van der Waals surface area contributed by atoms with Crippen LogP contribution < -0.4 is 15.8 Å². The number of carbonyl (C=O) groups excluding carboxylic acids is 1. The molecule has 0 radical (unpaired) electrons. The summed E-state index contributed by atoms with van der Waals surface area (Å²) < 4.78 is 26.2. The van der Waals surface area contributed by atoms with E-state index in [-0.39, 0.29) is 29.3 Å². The zero-order valence-corrected chi connectivity index (χ0v) is 14.0. The Kier molecular flexibility index (Phi) is 6.80. The van der Waals surface area contributed by atoms with E-state index in [4.69, 9.17) is 5.73 Å². The molecule has 0 spiro atoms. The lowest BCUT2D eigenvalue weighted by Gasteiger charge is -2.12. The first-order chi connectivity index (χ1) is 9.94. The van der Waals surface area contributed by atoms with E-state index in [1.54, 1.807) is 19.1 Å². The molecule has 1 aromatic rings. The Bertz CT molecular complexity index is 618. The maximum Gasteiger partial charge on any atom is 0.251 e. The third-order valence-corrected chi connectivity index (χ3v) is 5.01. The second kappa shape index (κ2) is 7.92. The van der Waals surface area contributed by atoms with Crippen molar-refractivity contribution < 1.29 is 13.2 Å². The van der Waals surface area contributed by atoms with Gasteiger partial charge in [0.1, 0.15) is 0 Å². The van der Waals surface area contributed by atoms with Gasteiger partial charge in [0.05, 0.1) is 4.90 Å². The SMILES string of the molecule is CCNS(=O)(=O)c1cccc(C(=O)NCC(N)C2CC2)c1.Cl. The van der Waals surface area contributed by atoms with Crippen LogP contribution in [0.25, 0.3) is 0 Å². The summed E-state index contributed by atoms with van der Waals surface area (Å²) in [4.78, 5) is 12.1. The average molecular weight is 348 g/mol. The molecular weight excluding hydrogens is 326 g/mol. The number of nitrogens with two attached hydrogens (primary N) is 1. The van der Waals surface area contributed by atoms with Crippen molar-refractivity contribution in [3.63, 3.8) is 0 Å². The number of rotatable bonds is 7. The first-order valence-corrected chi connectivity index (χ1v) is 8.56. The third kappa shape index (κ3) is 4.95. The second-order valence-corrected chi connectivity index (χ2v) is 7.01. The highest BCUT2D eigenvalue weighted by atomic mass is 35.5. The van der Waals surface area contributed by atoms with Gasteiger partial charge in [-0.15, -0.1) is 12.4 Å². The summed E-state index contributed by atoms with van der Waals surface area (Å²) in [6.45, 7) is 2.41. The molecule has 1 aliphatic rings. The summed E-state index contributed by atoms with van der Waals surface area (Å²) in [5.74, 6) is 0.199. The van der Waals surface area contributed by atoms with Crippen molar-refractivity contribution in [1.29, 1.82) is 0 Å². The molecule has 1 unspecified atom stereocenters. The van der Waals surface area contributed by atoms with E-state index < -0.39 is 10.0 Å². The van der Waals surface area contributed by atoms with E-state index in [0.717, 1.165) is 12.8 Å². The molecule has 1 aromatic carbocycles. The van der Waals surface area contributed by atoms with Gasteiger partial charge in [0, 0.05) is 24.7 Å². The summed E-state index contributed by atoms with van der Waals surface area (Å²) in [6, 6.07) is 5.95. The summed E-state index contributed by atoms with van der Waals surface area (Å²) in [5.41, 5.74) is 6.24. The smallest absolute Gasteiger partial charge is 0.251 e. The Labute approximate surface area is 137 Å². The number of benzene rings is 1. The third-order valence-electron chi connectivity index (χ3n) is 3.47. The van der Waals surface area contributed by atoms with Gasteiger partial charge in [0.15, 0.2) is 0 Å². The molecule has 0 bridgehead atoms. The first-order valence-electron chi connectivity index (χ1n) is 7.07. The van der Waals surface area contributed by atoms with Crippen molar-refractivity contribution in [3.05, 3.63) is 29.8 Å². The molecule has 1 amide bonds. The number of halogens is 1. The number of sulfonamides is 1. The summed E-state index contributed by atoms with van der Waals surface area (Å²) in [6.07, 6.45) is 2.24. The molecule has 0 saturated heterocycles. The van der Waals surface area contributed by atoms with Crippen LogP contribution in [0.4, 0.5) is 0 Å². The van der Waals surface area contributed by atoms with Gasteiger partial charge in [-0.3, -0.25) is 4.79 Å². The lowest BCUT2D eigenvalue weighted by Crippen LogP contribution is -2.38. The van der Waals surface area contributed by atoms with Crippen molar-refractivity contribution in [2.45, 2.75) is 30.7 Å². The molecule has 0 aromatic heterocycles. The Morgan fingerprint density at radius 1 is 1.41 bits per heavy atom. The van der Waals surface area contributed by atoms with Gasteiger partial charge in [-0.05, 0) is 37.0 Å². The monoisotopic (exact) mass is 347 g/mol. The zero-order chi connectivity index (χ0) is 15.5. The Balaban J connectivity index is 0.00000242. The molecule has 6 nitrogen and oxygen atoms in total. The Morgan fingerprint density at radius 2 is 2.09 bits per heavy atom. The summed E-state index contributed by atoms with van der Waals surface area (Å²) in [5, 5.41) is 2.75. The molecule has 1 aliphatic carbocycles. The van der Waals surface area contributed by atoms with Gasteiger partial charge in [-0.2, -0.15) is 0 Å². The molecule has 0 heterocycles. The topological polar surface area (TPSA) is 101 Å². The molecular formula is C14H22ClN3O3S. The maximum absolute atomic E-state index is 12.0. The van der Waals surface area contributed by atoms with Gasteiger partial charge >= 0.3 is 0 Å². The first kappa shape index (κ1) is 18.9. The van der Waals surface area contributed by atoms with Crippen LogP contribution in [0, 0.1) is 5.92 Å². The molecule has 8 heteroatoms. The van der Waals surface area contributed by atoms with Gasteiger partial charge in [0.2, 0.25) is 10.0 Å². The minimum absolute atomic E-state index is 0. The lowest BCUT2D eigenvalue weighted by molar-refractivity contribution is 0.0950. The fourth-order valence-corrected chi connectivity index (χ4v) is 3.17. The minimum atomic E-state index is -3.56. The highest BCUT2D eigenvalue weighted by Gasteiger charge is 2.28. The second-order valence-electron chi connectivity index (χ2n) is 5.24. The average Bonchev–Trinajstić information content (AvgIpc) is 3.29. The summed E-state index contributed by atoms with van der Waals surface area (Å²) in [7, 11) is -3.56. The fraction of sp³-hybridized carbons (Fsp3) is 0.500. The van der Waals surface area contributed by atoms with E-state index in [9.17, 15) is 13.2 Å². The van der Waals surface area contributed by atoms with Crippen molar-refractivity contribution in [2.75, 3.05) is 13.1 Å². The molecule has 1 fully saturated rings. The van der Waals surface area contributed by atoms with Crippen LogP contribution in [0.2, 0.25) is 0 Å². The molecule has 2 rings (SSSR count). The number of nitrogens with one attached hydrogen (secondary N) is 2. The predicted octanol–water partition coefficient (Wildman–Crippen LogP) is 0.874. The van der Waals surface area contributed by atoms with Crippen LogP contribution in [0.1, 0.15) is 30.1 Å². The maximum atomic E-state index is 12.0. The van der Waals surface area contributed by atoms with Crippen molar-refractivity contribution >= 4 is 28.3 Å². The Morgan fingerprint density at radius 3 is 2.68 bits per heavy atom. The van der Waals surface area contributed by atoms with Crippen LogP contribution in [0.5, 0.6) is 0 Å². The molecule has 4 N–H and O–H groups in total. The summed E-state index contributed by atoms with van der Waals surface area (Å²) >= 11 is 0. The van der Waals surface area contributed by atoms with E-state index >= 15 is 0 Å². The number of amides is 1. The van der Waals surface area contributed by atoms with Crippen LogP contribution in [-0.4, -0.2) is 33.5 Å². The zero-order valence-electron chi connectivity index (χ0n) is 12.4. The van der Waals surface area contributed by atoms with Gasteiger partial charge in [-0.1, -0.05) is 13.0 Å². The number of carbonyl (C=O) groups is 1. The van der Waals surface area contributed by atoms with Crippen LogP contribution >= 0.6 is 12.4 Å². The van der Waals surface area contributed by atoms with Crippen molar-refractivity contribution in [1.82, 2.24) is 10.0 Å². The highest BCUT2D eigenvalue weighted by Crippen LogP contribution is 2.31. The molecule has 22 heavy (non-hydrogen) atoms. The molecule has 1 saturated carbocycles. The van der Waals surface area contributed by atoms with Crippen LogP contribution in [-0.2, 0) is 10.0 Å². The predicted molar refractivity (Wildman–Crippen MR) is 87.6 cm³/mol. The van der Waals surface area contributed by atoms with Gasteiger partial charge < -0.3 is 11.1 Å². The van der Waals surface area contributed by atoms with Crippen molar-refractivity contribution in [2.24, 2.45) is 11.7 Å². The standard InChI is InChI=1S/C14H21N3O3S.ClH/c1-2-17-21(19,20)12-5-3-4-11(8-12)14(18)16-9-13(15)10-6-7-10;/h3-5,8,10,13,17H,2,6-7,9,15H2,1H3,(H,16,18);1H. The van der Waals surface area contributed by atoms with Crippen LogP contribution in [0.15, 0.2) is 29.2 Å². The van der Waals surface area contributed by atoms with Crippen molar-refractivity contribution in [3.8, 4) is 0 Å². The lowest BCUT2D eigenvalue weighted by atomic mass is 10.2. The van der Waals surface area contributed by atoms with E-state index in [2.05, 4.69) is 10.0 Å². The van der Waals surface area contributed by atoms with E-state index in [0.29, 0.717) is 24.6 Å². The number of hydrogen-bond donors (Lipinski definition) is 3. The molecule has 124 valence electrons. The fourth-order valence-electron chi connectivity index (χ4n) is 2.08. The molecule has 1 atom stereocenters. The van der Waals surface area contributed by atoms with Crippen LogP contribution in [0.3, 0.4) is 0 Å². The minimum Gasteiger partial charge on any atom is -0.350 e. The van der Waals surface area contributed by atoms with E-state index in [1.165, 1.54) is 12.1 Å². The van der Waals surface area contributed by atoms with Gasteiger partial charge in [-0.25, -0.2) is 13.1 Å². The quantitative estimate of drug-likeness (QED) is 0.681. The highest BCUT2D eigenvalue weighted by molar-refractivity contribution is 7.89. The van der Waals surface area contributed by atoms with Gasteiger partial charge in [0.25, 0.3) is 5.91 Å².